The summed E-state index contributed by atoms with van der Waals surface area (Å²) >= 11 is 0. The van der Waals surface area contributed by atoms with Crippen LogP contribution in [0.1, 0.15) is 39.5 Å². The van der Waals surface area contributed by atoms with Gasteiger partial charge >= 0.3 is 0 Å². The lowest BCUT2D eigenvalue weighted by Crippen LogP contribution is -2.45. The second-order valence-electron chi connectivity index (χ2n) is 5.17. The van der Waals surface area contributed by atoms with Gasteiger partial charge in [0.25, 0.3) is 0 Å². The third kappa shape index (κ3) is 6.03. The third-order valence-corrected chi connectivity index (χ3v) is 3.29. The average Bonchev–Trinajstić information content (AvgIpc) is 2.33. The van der Waals surface area contributed by atoms with E-state index in [2.05, 4.69) is 17.6 Å². The molecule has 2 N–H and O–H groups in total. The van der Waals surface area contributed by atoms with E-state index >= 15 is 0 Å². The lowest BCUT2D eigenvalue weighted by molar-refractivity contribution is -0.122. The SMILES string of the molecule is CCOCCCC(=O)NCC1(C)CCCNC1. The third-order valence-electron chi connectivity index (χ3n) is 3.29. The zero-order valence-electron chi connectivity index (χ0n) is 11.2. The number of carbonyl (C=O) groups excluding carboxylic acids is 1. The Morgan fingerprint density at radius 1 is 1.53 bits per heavy atom. The predicted octanol–water partition coefficient (Wildman–Crippen LogP) is 1.31. The van der Waals surface area contributed by atoms with E-state index in [9.17, 15) is 4.79 Å². The van der Waals surface area contributed by atoms with Gasteiger partial charge < -0.3 is 15.4 Å². The van der Waals surface area contributed by atoms with Crippen molar-refractivity contribution < 1.29 is 9.53 Å². The number of carbonyl (C=O) groups is 1. The molecule has 1 aliphatic rings. The number of piperidine rings is 1. The highest BCUT2D eigenvalue weighted by atomic mass is 16.5. The summed E-state index contributed by atoms with van der Waals surface area (Å²) < 4.78 is 5.21. The molecule has 0 aromatic rings. The molecule has 0 radical (unpaired) electrons. The topological polar surface area (TPSA) is 50.4 Å². The lowest BCUT2D eigenvalue weighted by atomic mass is 9.83. The van der Waals surface area contributed by atoms with Crippen molar-refractivity contribution in [3.8, 4) is 0 Å². The van der Waals surface area contributed by atoms with Gasteiger partial charge in [-0.25, -0.2) is 0 Å². The molecule has 1 amide bonds. The first kappa shape index (κ1) is 14.5. The predicted molar refractivity (Wildman–Crippen MR) is 68.9 cm³/mol. The van der Waals surface area contributed by atoms with Gasteiger partial charge in [0.1, 0.15) is 0 Å². The number of ether oxygens (including phenoxy) is 1. The lowest BCUT2D eigenvalue weighted by Gasteiger charge is -2.34. The van der Waals surface area contributed by atoms with Crippen LogP contribution in [0.4, 0.5) is 0 Å². The molecule has 1 saturated heterocycles. The van der Waals surface area contributed by atoms with Crippen LogP contribution in [0, 0.1) is 5.41 Å². The van der Waals surface area contributed by atoms with Crippen LogP contribution in [-0.2, 0) is 9.53 Å². The van der Waals surface area contributed by atoms with Crippen LogP contribution in [0.15, 0.2) is 0 Å². The van der Waals surface area contributed by atoms with Gasteiger partial charge in [0, 0.05) is 32.7 Å². The minimum absolute atomic E-state index is 0.150. The molecule has 1 heterocycles. The molecule has 0 aromatic carbocycles. The highest BCUT2D eigenvalue weighted by Crippen LogP contribution is 2.24. The molecule has 1 rings (SSSR count). The van der Waals surface area contributed by atoms with Gasteiger partial charge in [0.2, 0.25) is 5.91 Å². The smallest absolute Gasteiger partial charge is 0.220 e. The van der Waals surface area contributed by atoms with Gasteiger partial charge in [-0.15, -0.1) is 0 Å². The van der Waals surface area contributed by atoms with E-state index in [1.54, 1.807) is 0 Å². The minimum atomic E-state index is 0.150. The molecule has 1 aliphatic heterocycles. The van der Waals surface area contributed by atoms with E-state index < -0.39 is 0 Å². The Labute approximate surface area is 104 Å². The van der Waals surface area contributed by atoms with Gasteiger partial charge in [0.15, 0.2) is 0 Å². The van der Waals surface area contributed by atoms with E-state index in [0.717, 1.165) is 32.7 Å². The summed E-state index contributed by atoms with van der Waals surface area (Å²) in [5.41, 5.74) is 0.230. The Morgan fingerprint density at radius 2 is 2.35 bits per heavy atom. The molecule has 4 nitrogen and oxygen atoms in total. The Hall–Kier alpha value is -0.610. The summed E-state index contributed by atoms with van der Waals surface area (Å²) in [6, 6.07) is 0. The monoisotopic (exact) mass is 242 g/mol. The van der Waals surface area contributed by atoms with Gasteiger partial charge in [-0.3, -0.25) is 4.79 Å². The summed E-state index contributed by atoms with van der Waals surface area (Å²) in [5, 5.41) is 6.42. The molecule has 0 bridgehead atoms. The number of hydrogen-bond donors (Lipinski definition) is 2. The summed E-state index contributed by atoms with van der Waals surface area (Å²) in [7, 11) is 0. The largest absolute Gasteiger partial charge is 0.382 e. The van der Waals surface area contributed by atoms with Crippen LogP contribution in [0.25, 0.3) is 0 Å². The standard InChI is InChI=1S/C13H26N2O2/c1-3-17-9-4-6-12(16)15-11-13(2)7-5-8-14-10-13/h14H,3-11H2,1-2H3,(H,15,16). The summed E-state index contributed by atoms with van der Waals surface area (Å²) in [6.45, 7) is 8.52. The van der Waals surface area contributed by atoms with Crippen molar-refractivity contribution in [3.05, 3.63) is 0 Å². The second-order valence-corrected chi connectivity index (χ2v) is 5.17. The summed E-state index contributed by atoms with van der Waals surface area (Å²) in [4.78, 5) is 11.6. The van der Waals surface area contributed by atoms with Gasteiger partial charge in [-0.05, 0) is 38.1 Å². The number of amides is 1. The van der Waals surface area contributed by atoms with Gasteiger partial charge in [-0.1, -0.05) is 6.92 Å². The fourth-order valence-electron chi connectivity index (χ4n) is 2.15. The molecule has 1 fully saturated rings. The zero-order chi connectivity index (χ0) is 12.6. The number of hydrogen-bond acceptors (Lipinski definition) is 3. The quantitative estimate of drug-likeness (QED) is 0.662. The van der Waals surface area contributed by atoms with E-state index in [-0.39, 0.29) is 11.3 Å². The zero-order valence-corrected chi connectivity index (χ0v) is 11.2. The molecule has 0 saturated carbocycles. The highest BCUT2D eigenvalue weighted by Gasteiger charge is 2.26. The van der Waals surface area contributed by atoms with Crippen molar-refractivity contribution in [3.63, 3.8) is 0 Å². The number of nitrogens with one attached hydrogen (secondary N) is 2. The van der Waals surface area contributed by atoms with Crippen LogP contribution >= 0.6 is 0 Å². The maximum Gasteiger partial charge on any atom is 0.220 e. The molecule has 0 aliphatic carbocycles. The first-order chi connectivity index (χ1) is 8.16. The van der Waals surface area contributed by atoms with Crippen LogP contribution in [0.2, 0.25) is 0 Å². The first-order valence-corrected chi connectivity index (χ1v) is 6.71. The molecule has 0 spiro atoms. The van der Waals surface area contributed by atoms with E-state index in [1.165, 1.54) is 12.8 Å². The van der Waals surface area contributed by atoms with Gasteiger partial charge in [-0.2, -0.15) is 0 Å². The molecule has 0 aromatic heterocycles. The summed E-state index contributed by atoms with van der Waals surface area (Å²) in [6.07, 6.45) is 3.79. The molecule has 100 valence electrons. The van der Waals surface area contributed by atoms with Crippen molar-refractivity contribution in [2.24, 2.45) is 5.41 Å². The van der Waals surface area contributed by atoms with Crippen molar-refractivity contribution in [2.75, 3.05) is 32.8 Å². The highest BCUT2D eigenvalue weighted by molar-refractivity contribution is 5.75. The van der Waals surface area contributed by atoms with Crippen molar-refractivity contribution in [1.82, 2.24) is 10.6 Å². The molecule has 1 atom stereocenters. The van der Waals surface area contributed by atoms with E-state index in [0.29, 0.717) is 13.0 Å². The average molecular weight is 242 g/mol. The van der Waals surface area contributed by atoms with Crippen LogP contribution in [0.3, 0.4) is 0 Å². The van der Waals surface area contributed by atoms with Crippen LogP contribution in [0.5, 0.6) is 0 Å². The molecule has 17 heavy (non-hydrogen) atoms. The van der Waals surface area contributed by atoms with Crippen molar-refractivity contribution >= 4 is 5.91 Å². The Kier molecular flexibility index (Phi) is 6.52. The maximum absolute atomic E-state index is 11.6. The van der Waals surface area contributed by atoms with Crippen LogP contribution in [-0.4, -0.2) is 38.8 Å². The Morgan fingerprint density at radius 3 is 3.00 bits per heavy atom. The van der Waals surface area contributed by atoms with E-state index in [1.807, 2.05) is 6.92 Å². The van der Waals surface area contributed by atoms with E-state index in [4.69, 9.17) is 4.74 Å². The number of rotatable bonds is 7. The fraction of sp³-hybridized carbons (Fsp3) is 0.923. The Bertz CT molecular complexity index is 225. The molecule has 4 heteroatoms. The van der Waals surface area contributed by atoms with Crippen molar-refractivity contribution in [2.45, 2.75) is 39.5 Å². The first-order valence-electron chi connectivity index (χ1n) is 6.71. The normalized spacial score (nSPS) is 24.6. The van der Waals surface area contributed by atoms with Crippen LogP contribution < -0.4 is 10.6 Å². The summed E-state index contributed by atoms with van der Waals surface area (Å²) in [5.74, 6) is 0.150. The fourth-order valence-corrected chi connectivity index (χ4v) is 2.15. The molecular weight excluding hydrogens is 216 g/mol. The maximum atomic E-state index is 11.6. The van der Waals surface area contributed by atoms with Gasteiger partial charge in [0.05, 0.1) is 0 Å². The second kappa shape index (κ2) is 7.67. The Balaban J connectivity index is 2.10. The molecule has 1 unspecified atom stereocenters. The molecular formula is C13H26N2O2. The van der Waals surface area contributed by atoms with Crippen molar-refractivity contribution in [1.29, 1.82) is 0 Å². The minimum Gasteiger partial charge on any atom is -0.382 e.